The average molecular weight is 189 g/mol. The van der Waals surface area contributed by atoms with Crippen molar-refractivity contribution >= 4 is 5.78 Å². The fourth-order valence-electron chi connectivity index (χ4n) is 1.11. The summed E-state index contributed by atoms with van der Waals surface area (Å²) < 4.78 is 25.0. The Morgan fingerprint density at radius 1 is 1.54 bits per heavy atom. The van der Waals surface area contributed by atoms with Gasteiger partial charge in [-0.1, -0.05) is 13.8 Å². The molecule has 1 aliphatic carbocycles. The van der Waals surface area contributed by atoms with E-state index in [9.17, 15) is 13.6 Å². The van der Waals surface area contributed by atoms with Crippen LogP contribution in [0.1, 0.15) is 33.1 Å². The van der Waals surface area contributed by atoms with E-state index in [0.717, 1.165) is 0 Å². The molecule has 2 nitrogen and oxygen atoms in total. The Hall–Kier alpha value is -0.980. The third-order valence-corrected chi connectivity index (χ3v) is 1.78. The molecule has 0 bridgehead atoms. The highest BCUT2D eigenvalue weighted by molar-refractivity contribution is 5.84. The minimum absolute atomic E-state index is 0.161. The Labute approximate surface area is 76.5 Å². The highest BCUT2D eigenvalue weighted by Gasteiger charge is 2.40. The lowest BCUT2D eigenvalue weighted by Gasteiger charge is -2.23. The van der Waals surface area contributed by atoms with Gasteiger partial charge in [0.15, 0.2) is 0 Å². The van der Waals surface area contributed by atoms with Gasteiger partial charge in [0.2, 0.25) is 5.92 Å². The molecule has 0 aromatic carbocycles. The smallest absolute Gasteiger partial charge is 0.250 e. The maximum absolute atomic E-state index is 12.5. The molecule has 0 saturated heterocycles. The summed E-state index contributed by atoms with van der Waals surface area (Å²) in [6, 6.07) is 1.58. The number of nitrogens with zero attached hydrogens (tertiary/aromatic N) is 1. The summed E-state index contributed by atoms with van der Waals surface area (Å²) in [5.41, 5.74) is 0. The number of hydrogen-bond acceptors (Lipinski definition) is 2. The molecule has 0 spiro atoms. The second-order valence-corrected chi connectivity index (χ2v) is 2.71. The van der Waals surface area contributed by atoms with Crippen LogP contribution in [0.5, 0.6) is 0 Å². The van der Waals surface area contributed by atoms with Crippen molar-refractivity contribution in [2.45, 2.75) is 39.0 Å². The normalized spacial score (nSPS) is 25.5. The molecule has 13 heavy (non-hydrogen) atoms. The second-order valence-electron chi connectivity index (χ2n) is 2.71. The second kappa shape index (κ2) is 4.90. The molecular weight excluding hydrogens is 176 g/mol. The van der Waals surface area contributed by atoms with Gasteiger partial charge < -0.3 is 0 Å². The van der Waals surface area contributed by atoms with Crippen molar-refractivity contribution in [3.05, 3.63) is 0 Å². The van der Waals surface area contributed by atoms with Crippen molar-refractivity contribution in [2.75, 3.05) is 0 Å². The predicted octanol–water partition coefficient (Wildman–Crippen LogP) is 2.54. The number of Topliss-reactive ketones (excluding diaryl/α,β-unsaturated/α-hetero) is 1. The van der Waals surface area contributed by atoms with Gasteiger partial charge in [-0.3, -0.25) is 4.79 Å². The lowest BCUT2D eigenvalue weighted by Crippen LogP contribution is -2.31. The number of nitriles is 1. The van der Waals surface area contributed by atoms with E-state index in [1.165, 1.54) is 0 Å². The molecule has 0 aromatic heterocycles. The number of rotatable bonds is 0. The van der Waals surface area contributed by atoms with E-state index in [1.54, 1.807) is 6.07 Å². The van der Waals surface area contributed by atoms with Crippen molar-refractivity contribution in [2.24, 2.45) is 5.92 Å². The molecule has 0 aromatic rings. The van der Waals surface area contributed by atoms with E-state index >= 15 is 0 Å². The van der Waals surface area contributed by atoms with Crippen molar-refractivity contribution in [3.8, 4) is 6.07 Å². The van der Waals surface area contributed by atoms with Crippen LogP contribution in [0.15, 0.2) is 0 Å². The average Bonchev–Trinajstić information content (AvgIpc) is 2.13. The highest BCUT2D eigenvalue weighted by atomic mass is 19.3. The Kier molecular flexibility index (Phi) is 4.53. The van der Waals surface area contributed by atoms with Crippen LogP contribution >= 0.6 is 0 Å². The molecule has 4 heteroatoms. The zero-order chi connectivity index (χ0) is 10.5. The Morgan fingerprint density at radius 2 is 2.08 bits per heavy atom. The van der Waals surface area contributed by atoms with Gasteiger partial charge in [0.25, 0.3) is 0 Å². The quantitative estimate of drug-likeness (QED) is 0.587. The van der Waals surface area contributed by atoms with Gasteiger partial charge >= 0.3 is 0 Å². The van der Waals surface area contributed by atoms with Crippen LogP contribution in [0.25, 0.3) is 0 Å². The maximum Gasteiger partial charge on any atom is 0.250 e. The summed E-state index contributed by atoms with van der Waals surface area (Å²) in [5, 5.41) is 8.29. The Balaban J connectivity index is 0.000000671. The minimum Gasteiger partial charge on any atom is -0.298 e. The zero-order valence-corrected chi connectivity index (χ0v) is 7.81. The molecule has 0 N–H and O–H groups in total. The molecule has 74 valence electrons. The molecule has 0 amide bonds. The number of alkyl halides is 2. The van der Waals surface area contributed by atoms with Gasteiger partial charge in [0.1, 0.15) is 11.7 Å². The van der Waals surface area contributed by atoms with Gasteiger partial charge in [-0.15, -0.1) is 0 Å². The summed E-state index contributed by atoms with van der Waals surface area (Å²) in [6.45, 7) is 4.00. The van der Waals surface area contributed by atoms with E-state index in [1.807, 2.05) is 13.8 Å². The first-order chi connectivity index (χ1) is 6.05. The first-order valence-electron chi connectivity index (χ1n) is 4.35. The lowest BCUT2D eigenvalue weighted by molar-refractivity contribution is -0.132. The molecule has 0 heterocycles. The summed E-state index contributed by atoms with van der Waals surface area (Å²) in [4.78, 5) is 10.8. The number of halogens is 2. The molecule has 1 unspecified atom stereocenters. The molecule has 1 atom stereocenters. The third-order valence-electron chi connectivity index (χ3n) is 1.78. The van der Waals surface area contributed by atoms with Crippen molar-refractivity contribution in [3.63, 3.8) is 0 Å². The summed E-state index contributed by atoms with van der Waals surface area (Å²) in [6.07, 6.45) is -1.16. The lowest BCUT2D eigenvalue weighted by atomic mass is 9.86. The van der Waals surface area contributed by atoms with Crippen LogP contribution in [0.4, 0.5) is 8.78 Å². The van der Waals surface area contributed by atoms with Crippen molar-refractivity contribution < 1.29 is 13.6 Å². The van der Waals surface area contributed by atoms with E-state index in [4.69, 9.17) is 5.26 Å². The van der Waals surface area contributed by atoms with Crippen molar-refractivity contribution in [1.29, 1.82) is 5.26 Å². The van der Waals surface area contributed by atoms with Gasteiger partial charge in [-0.05, 0) is 0 Å². The van der Waals surface area contributed by atoms with Gasteiger partial charge in [0, 0.05) is 19.3 Å². The van der Waals surface area contributed by atoms with Crippen LogP contribution in [-0.2, 0) is 4.79 Å². The van der Waals surface area contributed by atoms with E-state index in [2.05, 4.69) is 0 Å². The molecule has 0 radical (unpaired) electrons. The zero-order valence-electron chi connectivity index (χ0n) is 7.81. The van der Waals surface area contributed by atoms with Crippen LogP contribution in [0.2, 0.25) is 0 Å². The predicted molar refractivity (Wildman–Crippen MR) is 44.3 cm³/mol. The van der Waals surface area contributed by atoms with Gasteiger partial charge in [-0.25, -0.2) is 8.78 Å². The summed E-state index contributed by atoms with van der Waals surface area (Å²) in [5.74, 6) is -4.24. The van der Waals surface area contributed by atoms with Crippen LogP contribution in [-0.4, -0.2) is 11.7 Å². The summed E-state index contributed by atoms with van der Waals surface area (Å²) >= 11 is 0. The molecular formula is C9H13F2NO. The SMILES string of the molecule is CC.N#CC1CC(F)(F)CCC1=O. The monoisotopic (exact) mass is 189 g/mol. The van der Waals surface area contributed by atoms with Crippen molar-refractivity contribution in [1.82, 2.24) is 0 Å². The fourth-order valence-corrected chi connectivity index (χ4v) is 1.11. The van der Waals surface area contributed by atoms with E-state index in [0.29, 0.717) is 0 Å². The fraction of sp³-hybridized carbons (Fsp3) is 0.778. The molecule has 1 aliphatic rings. The largest absolute Gasteiger partial charge is 0.298 e. The van der Waals surface area contributed by atoms with Crippen LogP contribution < -0.4 is 0 Å². The number of carbonyl (C=O) groups is 1. The number of carbonyl (C=O) groups excluding carboxylic acids is 1. The Morgan fingerprint density at radius 3 is 2.46 bits per heavy atom. The number of hydrogen-bond donors (Lipinski definition) is 0. The van der Waals surface area contributed by atoms with Gasteiger partial charge in [-0.2, -0.15) is 5.26 Å². The molecule has 1 rings (SSSR count). The number of ketones is 1. The highest BCUT2D eigenvalue weighted by Crippen LogP contribution is 2.34. The summed E-state index contributed by atoms with van der Waals surface area (Å²) in [7, 11) is 0. The topological polar surface area (TPSA) is 40.9 Å². The molecule has 1 saturated carbocycles. The van der Waals surface area contributed by atoms with E-state index in [-0.39, 0.29) is 12.2 Å². The Bertz CT molecular complexity index is 220. The first-order valence-corrected chi connectivity index (χ1v) is 4.35. The molecule has 1 fully saturated rings. The third kappa shape index (κ3) is 3.49. The maximum atomic E-state index is 12.5. The van der Waals surface area contributed by atoms with E-state index < -0.39 is 24.7 Å². The van der Waals surface area contributed by atoms with Crippen LogP contribution in [0, 0.1) is 17.2 Å². The molecule has 0 aliphatic heterocycles. The first kappa shape index (κ1) is 12.0. The van der Waals surface area contributed by atoms with Gasteiger partial charge in [0.05, 0.1) is 6.07 Å². The standard InChI is InChI=1S/C7H7F2NO.C2H6/c8-7(9)2-1-6(11)5(3-7)4-10;1-2/h5H,1-3H2;1-2H3. The van der Waals surface area contributed by atoms with Crippen LogP contribution in [0.3, 0.4) is 0 Å². The minimum atomic E-state index is -2.81.